The highest BCUT2D eigenvalue weighted by molar-refractivity contribution is 6.02. The number of hydrogen-bond donors (Lipinski definition) is 5. The van der Waals surface area contributed by atoms with Gasteiger partial charge >= 0.3 is 24.0 Å². The normalized spacial score (nSPS) is 10.5. The van der Waals surface area contributed by atoms with Gasteiger partial charge in [0.25, 0.3) is 0 Å². The maximum absolute atomic E-state index is 13.0. The molecule has 2 heterocycles. The number of benzene rings is 6. The number of carbonyl (C=O) groups is 4. The minimum atomic E-state index is -1.13. The van der Waals surface area contributed by atoms with Crippen molar-refractivity contribution in [3.05, 3.63) is 169 Å². The topological polar surface area (TPSA) is 218 Å². The monoisotopic (exact) mass is 952 g/mol. The summed E-state index contributed by atoms with van der Waals surface area (Å²) in [6.07, 6.45) is 3.14. The molecule has 0 aliphatic rings. The van der Waals surface area contributed by atoms with Gasteiger partial charge in [0.1, 0.15) is 63.9 Å². The molecule has 19 heteroatoms. The summed E-state index contributed by atoms with van der Waals surface area (Å²) in [6.45, 7) is 0.380. The standard InChI is InChI=1S/C27H24FN3O6.C24H18FN3O5/c1-34-13-14-36-26(32)22-15-21-23(16-25(22)35-2)29-12-11-24(21)37-20-9-7-19(8-10-20)31-27(33)30-18-5-3-17(28)4-6-18;1-32-22-13-20-18(12-19(22)23(29)30)21(10-11-26-20)33-17-8-6-16(7-9-17)28-24(31)27-15-4-2-14(25)3-5-15/h3-12,15-16H,13-14H2,1-2H3,(H2,30,31,33);2-13H,1H3,(H,29,30)(H2,27,28,31). The highest BCUT2D eigenvalue weighted by Crippen LogP contribution is 2.35. The maximum atomic E-state index is 13.0. The van der Waals surface area contributed by atoms with Gasteiger partial charge in [-0.05, 0) is 121 Å². The minimum absolute atomic E-state index is 0.00503. The number of aromatic carboxylic acids is 1. The Kier molecular flexibility index (Phi) is 15.9. The van der Waals surface area contributed by atoms with Crippen molar-refractivity contribution in [1.82, 2.24) is 9.97 Å². The molecule has 5 N–H and O–H groups in total. The molecular formula is C51H42F2N6O11. The fraction of sp³-hybridized carbons (Fsp3) is 0.0980. The van der Waals surface area contributed by atoms with Crippen molar-refractivity contribution in [2.75, 3.05) is 55.8 Å². The number of rotatable bonds is 15. The molecule has 70 heavy (non-hydrogen) atoms. The molecule has 8 rings (SSSR count). The van der Waals surface area contributed by atoms with Gasteiger partial charge in [-0.25, -0.2) is 28.0 Å². The van der Waals surface area contributed by atoms with Crippen LogP contribution in [0.2, 0.25) is 0 Å². The number of methoxy groups -OCH3 is 3. The van der Waals surface area contributed by atoms with E-state index in [4.69, 9.17) is 28.4 Å². The first-order chi connectivity index (χ1) is 33.9. The Balaban J connectivity index is 0.000000208. The van der Waals surface area contributed by atoms with E-state index in [0.717, 1.165) is 0 Å². The van der Waals surface area contributed by atoms with E-state index in [0.29, 0.717) is 73.3 Å². The lowest BCUT2D eigenvalue weighted by Gasteiger charge is -2.13. The van der Waals surface area contributed by atoms with Crippen LogP contribution in [-0.4, -0.2) is 73.6 Å². The highest BCUT2D eigenvalue weighted by atomic mass is 19.1. The fourth-order valence-corrected chi connectivity index (χ4v) is 6.55. The van der Waals surface area contributed by atoms with Gasteiger partial charge in [0.2, 0.25) is 0 Å². The van der Waals surface area contributed by atoms with Crippen LogP contribution in [0.25, 0.3) is 21.8 Å². The van der Waals surface area contributed by atoms with E-state index in [2.05, 4.69) is 31.2 Å². The van der Waals surface area contributed by atoms with Gasteiger partial charge in [0.15, 0.2) is 0 Å². The zero-order valence-corrected chi connectivity index (χ0v) is 37.5. The van der Waals surface area contributed by atoms with Crippen LogP contribution in [0, 0.1) is 11.6 Å². The third-order valence-corrected chi connectivity index (χ3v) is 9.90. The predicted octanol–water partition coefficient (Wildman–Crippen LogP) is 11.1. The Morgan fingerprint density at radius 2 is 0.886 bits per heavy atom. The molecule has 0 saturated carbocycles. The summed E-state index contributed by atoms with van der Waals surface area (Å²) in [5.41, 5.74) is 3.27. The van der Waals surface area contributed by atoms with Crippen LogP contribution in [0.15, 0.2) is 146 Å². The number of urea groups is 2. The van der Waals surface area contributed by atoms with Crippen LogP contribution in [0.3, 0.4) is 0 Å². The Morgan fingerprint density at radius 1 is 0.500 bits per heavy atom. The highest BCUT2D eigenvalue weighted by Gasteiger charge is 2.19. The molecule has 8 aromatic rings. The molecule has 0 atom stereocenters. The molecule has 0 fully saturated rings. The third kappa shape index (κ3) is 12.7. The van der Waals surface area contributed by atoms with Gasteiger partial charge < -0.3 is 54.8 Å². The predicted molar refractivity (Wildman–Crippen MR) is 257 cm³/mol. The first-order valence-electron chi connectivity index (χ1n) is 21.0. The van der Waals surface area contributed by atoms with Gasteiger partial charge in [-0.3, -0.25) is 9.97 Å². The molecule has 17 nitrogen and oxygen atoms in total. The lowest BCUT2D eigenvalue weighted by molar-refractivity contribution is 0.0384. The lowest BCUT2D eigenvalue weighted by Crippen LogP contribution is -2.19. The summed E-state index contributed by atoms with van der Waals surface area (Å²) in [7, 11) is 4.37. The maximum Gasteiger partial charge on any atom is 0.342 e. The Labute approximate surface area is 397 Å². The van der Waals surface area contributed by atoms with Gasteiger partial charge in [-0.15, -0.1) is 0 Å². The fourth-order valence-electron chi connectivity index (χ4n) is 6.55. The molecule has 6 aromatic carbocycles. The summed E-state index contributed by atoms with van der Waals surface area (Å²) in [5.74, 6) is -0.0801. The number of amides is 4. The van der Waals surface area contributed by atoms with Crippen molar-refractivity contribution < 1.29 is 61.5 Å². The first kappa shape index (κ1) is 48.6. The van der Waals surface area contributed by atoms with E-state index >= 15 is 0 Å². The number of halogens is 2. The second-order valence-corrected chi connectivity index (χ2v) is 14.6. The van der Waals surface area contributed by atoms with Crippen LogP contribution in [0.5, 0.6) is 34.5 Å². The molecular weight excluding hydrogens is 911 g/mol. The van der Waals surface area contributed by atoms with Crippen molar-refractivity contribution in [1.29, 1.82) is 0 Å². The van der Waals surface area contributed by atoms with Crippen molar-refractivity contribution in [3.63, 3.8) is 0 Å². The largest absolute Gasteiger partial charge is 0.496 e. The number of carboxylic acid groups (broad SMARTS) is 1. The number of carbonyl (C=O) groups excluding carboxylic acids is 3. The van der Waals surface area contributed by atoms with E-state index < -0.39 is 29.8 Å². The molecule has 0 bridgehead atoms. The Hall–Kier alpha value is -9.36. The minimum Gasteiger partial charge on any atom is -0.496 e. The summed E-state index contributed by atoms with van der Waals surface area (Å²) in [5, 5.41) is 21.1. The number of ether oxygens (including phenoxy) is 6. The van der Waals surface area contributed by atoms with Crippen molar-refractivity contribution in [2.45, 2.75) is 0 Å². The summed E-state index contributed by atoms with van der Waals surface area (Å²) in [6, 6.07) is 32.8. The molecule has 0 unspecified atom stereocenters. The molecule has 0 aliphatic carbocycles. The second kappa shape index (κ2) is 22.9. The quantitative estimate of drug-likeness (QED) is 0.0478. The van der Waals surface area contributed by atoms with Gasteiger partial charge in [-0.1, -0.05) is 0 Å². The second-order valence-electron chi connectivity index (χ2n) is 14.6. The molecule has 356 valence electrons. The number of esters is 1. The number of carboxylic acids is 1. The summed E-state index contributed by atoms with van der Waals surface area (Å²) < 4.78 is 58.6. The number of nitrogens with one attached hydrogen (secondary N) is 4. The van der Waals surface area contributed by atoms with E-state index in [1.807, 2.05) is 0 Å². The molecule has 2 aromatic heterocycles. The molecule has 0 spiro atoms. The van der Waals surface area contributed by atoms with Crippen LogP contribution >= 0.6 is 0 Å². The number of aromatic nitrogens is 2. The van der Waals surface area contributed by atoms with E-state index in [-0.39, 0.29) is 35.9 Å². The van der Waals surface area contributed by atoms with Gasteiger partial charge in [-0.2, -0.15) is 0 Å². The molecule has 4 amide bonds. The smallest absolute Gasteiger partial charge is 0.342 e. The van der Waals surface area contributed by atoms with E-state index in [1.165, 1.54) is 75.9 Å². The van der Waals surface area contributed by atoms with E-state index in [1.54, 1.807) is 91.3 Å². The van der Waals surface area contributed by atoms with E-state index in [9.17, 15) is 33.1 Å². The van der Waals surface area contributed by atoms with Gasteiger partial charge in [0, 0.05) is 65.2 Å². The third-order valence-electron chi connectivity index (χ3n) is 9.90. The number of hydrogen-bond acceptors (Lipinski definition) is 12. The zero-order chi connectivity index (χ0) is 49.6. The van der Waals surface area contributed by atoms with Gasteiger partial charge in [0.05, 0.1) is 31.9 Å². The van der Waals surface area contributed by atoms with Crippen LogP contribution in [0.1, 0.15) is 20.7 Å². The van der Waals surface area contributed by atoms with Crippen LogP contribution < -0.4 is 40.2 Å². The number of anilines is 4. The first-order valence-corrected chi connectivity index (χ1v) is 21.0. The van der Waals surface area contributed by atoms with Crippen molar-refractivity contribution >= 4 is 68.6 Å². The zero-order valence-electron chi connectivity index (χ0n) is 37.5. The Morgan fingerprint density at radius 3 is 1.27 bits per heavy atom. The van der Waals surface area contributed by atoms with Crippen molar-refractivity contribution in [2.24, 2.45) is 0 Å². The average Bonchev–Trinajstić information content (AvgIpc) is 3.36. The lowest BCUT2D eigenvalue weighted by atomic mass is 10.1. The number of nitrogens with zero attached hydrogens (tertiary/aromatic N) is 2. The average molecular weight is 953 g/mol. The number of pyridine rings is 2. The van der Waals surface area contributed by atoms with Crippen LogP contribution in [-0.2, 0) is 9.47 Å². The summed E-state index contributed by atoms with van der Waals surface area (Å²) in [4.78, 5) is 57.1. The van der Waals surface area contributed by atoms with Crippen molar-refractivity contribution in [3.8, 4) is 34.5 Å². The number of fused-ring (bicyclic) bond motifs is 2. The molecule has 0 radical (unpaired) electrons. The SMILES string of the molecule is COCCOC(=O)c1cc2c(Oc3ccc(NC(=O)Nc4ccc(F)cc4)cc3)ccnc2cc1OC.COc1cc2nccc(Oc3ccc(NC(=O)Nc4ccc(F)cc4)cc3)c2cc1C(=O)O. The summed E-state index contributed by atoms with van der Waals surface area (Å²) >= 11 is 0. The van der Waals surface area contributed by atoms with Crippen LogP contribution in [0.4, 0.5) is 41.1 Å². The molecule has 0 aliphatic heterocycles. The molecule has 0 saturated heterocycles. The Bertz CT molecular complexity index is 3140.